The molecule has 1 fully saturated rings. The van der Waals surface area contributed by atoms with E-state index in [1.807, 2.05) is 6.07 Å². The van der Waals surface area contributed by atoms with Crippen LogP contribution in [0.1, 0.15) is 27.9 Å². The molecule has 1 aliphatic heterocycles. The van der Waals surface area contributed by atoms with Crippen molar-refractivity contribution in [3.63, 3.8) is 0 Å². The van der Waals surface area contributed by atoms with Gasteiger partial charge in [-0.2, -0.15) is 5.10 Å². The van der Waals surface area contributed by atoms with Gasteiger partial charge in [0.1, 0.15) is 11.6 Å². The van der Waals surface area contributed by atoms with E-state index >= 15 is 0 Å². The molecule has 0 radical (unpaired) electrons. The molecule has 2 heterocycles. The lowest BCUT2D eigenvalue weighted by Crippen LogP contribution is -2.41. The third-order valence-electron chi connectivity index (χ3n) is 5.02. The highest BCUT2D eigenvalue weighted by molar-refractivity contribution is 5.94. The third kappa shape index (κ3) is 4.14. The third-order valence-corrected chi connectivity index (χ3v) is 5.02. The van der Waals surface area contributed by atoms with Crippen LogP contribution in [0.25, 0.3) is 0 Å². The number of para-hydroxylation sites is 1. The first-order valence-electron chi connectivity index (χ1n) is 9.56. The minimum absolute atomic E-state index is 0.101. The number of hydrogen-bond donors (Lipinski definition) is 3. The van der Waals surface area contributed by atoms with Gasteiger partial charge in [-0.3, -0.25) is 9.89 Å². The fourth-order valence-corrected chi connectivity index (χ4v) is 3.50. The summed E-state index contributed by atoms with van der Waals surface area (Å²) in [6.07, 6.45) is 0. The average molecular weight is 408 g/mol. The fraction of sp³-hybridized carbons (Fsp3) is 0.238. The molecule has 0 bridgehead atoms. The van der Waals surface area contributed by atoms with Crippen LogP contribution in [0.4, 0.5) is 14.9 Å². The summed E-state index contributed by atoms with van der Waals surface area (Å²) in [5.41, 5.74) is 0.626. The number of urea groups is 1. The molecule has 8 nitrogen and oxygen atoms in total. The Kier molecular flexibility index (Phi) is 5.42. The summed E-state index contributed by atoms with van der Waals surface area (Å²) in [4.78, 5) is 31.3. The molecule has 2 atom stereocenters. The van der Waals surface area contributed by atoms with Crippen LogP contribution in [0.5, 0.6) is 0 Å². The second-order valence-electron chi connectivity index (χ2n) is 7.15. The van der Waals surface area contributed by atoms with Crippen molar-refractivity contribution in [1.82, 2.24) is 25.4 Å². The number of aryl methyl sites for hydroxylation is 1. The van der Waals surface area contributed by atoms with E-state index in [2.05, 4.69) is 25.8 Å². The number of halogens is 1. The van der Waals surface area contributed by atoms with E-state index in [0.29, 0.717) is 17.2 Å². The predicted molar refractivity (Wildman–Crippen MR) is 109 cm³/mol. The van der Waals surface area contributed by atoms with Crippen molar-refractivity contribution in [1.29, 1.82) is 0 Å². The number of carbonyl (C=O) groups is 2. The van der Waals surface area contributed by atoms with Crippen molar-refractivity contribution in [2.24, 2.45) is 0 Å². The average Bonchev–Trinajstić information content (AvgIpc) is 3.36. The SMILES string of the molecule is Cc1nc([C@@H]2CN(C(=O)Nc3ccccc3F)C[C@H]2NC(=O)c2ccccc2)n[nH]1. The second kappa shape index (κ2) is 8.32. The monoisotopic (exact) mass is 408 g/mol. The van der Waals surface area contributed by atoms with Gasteiger partial charge in [0.15, 0.2) is 5.82 Å². The Morgan fingerprint density at radius 1 is 1.10 bits per heavy atom. The van der Waals surface area contributed by atoms with E-state index in [1.54, 1.807) is 43.3 Å². The maximum absolute atomic E-state index is 13.9. The number of nitrogens with zero attached hydrogens (tertiary/aromatic N) is 3. The number of carbonyl (C=O) groups excluding carboxylic acids is 2. The number of nitrogens with one attached hydrogen (secondary N) is 3. The first-order chi connectivity index (χ1) is 14.5. The summed E-state index contributed by atoms with van der Waals surface area (Å²) < 4.78 is 13.9. The topological polar surface area (TPSA) is 103 Å². The Morgan fingerprint density at radius 2 is 1.83 bits per heavy atom. The molecule has 2 aromatic carbocycles. The van der Waals surface area contributed by atoms with E-state index in [4.69, 9.17) is 0 Å². The smallest absolute Gasteiger partial charge is 0.322 e. The van der Waals surface area contributed by atoms with Gasteiger partial charge in [0.2, 0.25) is 0 Å². The van der Waals surface area contributed by atoms with E-state index in [0.717, 1.165) is 0 Å². The number of rotatable bonds is 4. The van der Waals surface area contributed by atoms with Gasteiger partial charge in [0.05, 0.1) is 17.6 Å². The summed E-state index contributed by atoms with van der Waals surface area (Å²) >= 11 is 0. The Hall–Kier alpha value is -3.75. The quantitative estimate of drug-likeness (QED) is 0.618. The number of amides is 3. The second-order valence-corrected chi connectivity index (χ2v) is 7.15. The molecule has 3 N–H and O–H groups in total. The largest absolute Gasteiger partial charge is 0.347 e. The van der Waals surface area contributed by atoms with Crippen molar-refractivity contribution in [2.45, 2.75) is 18.9 Å². The summed E-state index contributed by atoms with van der Waals surface area (Å²) in [5, 5.41) is 12.6. The van der Waals surface area contributed by atoms with Gasteiger partial charge in [-0.05, 0) is 31.2 Å². The van der Waals surface area contributed by atoms with Crippen LogP contribution >= 0.6 is 0 Å². The lowest BCUT2D eigenvalue weighted by molar-refractivity contribution is 0.0935. The van der Waals surface area contributed by atoms with Gasteiger partial charge in [-0.15, -0.1) is 0 Å². The maximum atomic E-state index is 13.9. The zero-order chi connectivity index (χ0) is 21.1. The van der Waals surface area contributed by atoms with Crippen LogP contribution in [0.15, 0.2) is 54.6 Å². The highest BCUT2D eigenvalue weighted by Crippen LogP contribution is 2.27. The molecule has 1 aliphatic rings. The molecule has 0 spiro atoms. The number of H-pyrrole nitrogens is 1. The molecule has 30 heavy (non-hydrogen) atoms. The molecule has 4 rings (SSSR count). The maximum Gasteiger partial charge on any atom is 0.322 e. The number of benzene rings is 2. The lowest BCUT2D eigenvalue weighted by atomic mass is 10.0. The van der Waals surface area contributed by atoms with Crippen LogP contribution in [0, 0.1) is 12.7 Å². The number of aromatic amines is 1. The van der Waals surface area contributed by atoms with Crippen molar-refractivity contribution in [3.05, 3.63) is 77.6 Å². The molecule has 154 valence electrons. The Balaban J connectivity index is 1.52. The van der Waals surface area contributed by atoms with Crippen molar-refractivity contribution >= 4 is 17.6 Å². The molecule has 0 saturated carbocycles. The first-order valence-corrected chi connectivity index (χ1v) is 9.56. The van der Waals surface area contributed by atoms with Crippen molar-refractivity contribution in [2.75, 3.05) is 18.4 Å². The molecule has 0 aliphatic carbocycles. The van der Waals surface area contributed by atoms with Crippen LogP contribution in [0.2, 0.25) is 0 Å². The minimum atomic E-state index is -0.514. The molecule has 3 aromatic rings. The number of anilines is 1. The number of hydrogen-bond acceptors (Lipinski definition) is 4. The van der Waals surface area contributed by atoms with Crippen LogP contribution in [-0.2, 0) is 0 Å². The van der Waals surface area contributed by atoms with Crippen LogP contribution in [-0.4, -0.2) is 51.2 Å². The number of aromatic nitrogens is 3. The number of likely N-dealkylation sites (tertiary alicyclic amines) is 1. The van der Waals surface area contributed by atoms with Crippen LogP contribution in [0.3, 0.4) is 0 Å². The van der Waals surface area contributed by atoms with Gasteiger partial charge < -0.3 is 15.5 Å². The standard InChI is InChI=1S/C21H21FN6O2/c1-13-23-19(27-26-13)15-11-28(21(30)25-17-10-6-5-9-16(17)22)12-18(15)24-20(29)14-7-3-2-4-8-14/h2-10,15,18H,11-12H2,1H3,(H,24,29)(H,25,30)(H,23,26,27)/t15-,18-/m1/s1. The van der Waals surface area contributed by atoms with Gasteiger partial charge in [0, 0.05) is 18.7 Å². The Bertz CT molecular complexity index is 1050. The van der Waals surface area contributed by atoms with Gasteiger partial charge >= 0.3 is 6.03 Å². The summed E-state index contributed by atoms with van der Waals surface area (Å²) in [7, 11) is 0. The van der Waals surface area contributed by atoms with E-state index < -0.39 is 11.8 Å². The van der Waals surface area contributed by atoms with Crippen LogP contribution < -0.4 is 10.6 Å². The highest BCUT2D eigenvalue weighted by Gasteiger charge is 2.39. The zero-order valence-electron chi connectivity index (χ0n) is 16.3. The molecular formula is C21H21FN6O2. The van der Waals surface area contributed by atoms with Crippen molar-refractivity contribution in [3.8, 4) is 0 Å². The first kappa shape index (κ1) is 19.6. The summed E-state index contributed by atoms with van der Waals surface area (Å²) in [6, 6.07) is 14.0. The van der Waals surface area contributed by atoms with E-state index in [9.17, 15) is 14.0 Å². The lowest BCUT2D eigenvalue weighted by Gasteiger charge is -2.18. The van der Waals surface area contributed by atoms with Gasteiger partial charge in [-0.25, -0.2) is 14.2 Å². The molecule has 9 heteroatoms. The Labute approximate surface area is 172 Å². The van der Waals surface area contributed by atoms with E-state index in [-0.39, 0.29) is 36.6 Å². The van der Waals surface area contributed by atoms with Gasteiger partial charge in [-0.1, -0.05) is 30.3 Å². The summed E-state index contributed by atoms with van der Waals surface area (Å²) in [6.45, 7) is 2.32. The van der Waals surface area contributed by atoms with E-state index in [1.165, 1.54) is 17.0 Å². The molecule has 1 saturated heterocycles. The predicted octanol–water partition coefficient (Wildman–Crippen LogP) is 2.68. The molecule has 3 amide bonds. The van der Waals surface area contributed by atoms with Gasteiger partial charge in [0.25, 0.3) is 5.91 Å². The zero-order valence-corrected chi connectivity index (χ0v) is 16.3. The highest BCUT2D eigenvalue weighted by atomic mass is 19.1. The normalized spacial score (nSPS) is 18.3. The minimum Gasteiger partial charge on any atom is -0.347 e. The fourth-order valence-electron chi connectivity index (χ4n) is 3.50. The molecular weight excluding hydrogens is 387 g/mol. The van der Waals surface area contributed by atoms with Crippen molar-refractivity contribution < 1.29 is 14.0 Å². The molecule has 1 aromatic heterocycles. The summed E-state index contributed by atoms with van der Waals surface area (Å²) in [5.74, 6) is 0.114. The molecule has 0 unspecified atom stereocenters. The Morgan fingerprint density at radius 3 is 2.53 bits per heavy atom.